The summed E-state index contributed by atoms with van der Waals surface area (Å²) in [5.41, 5.74) is -1.09. The molecule has 3 N–H and O–H groups in total. The van der Waals surface area contributed by atoms with Crippen molar-refractivity contribution in [2.75, 3.05) is 6.54 Å². The first-order chi connectivity index (χ1) is 5.10. The number of urea groups is 1. The molecular weight excluding hydrogens is 148 g/mol. The number of nitrogens with one attached hydrogen (secondary N) is 2. The minimum Gasteiger partial charge on any atom is -0.479 e. The summed E-state index contributed by atoms with van der Waals surface area (Å²) >= 11 is 0. The molecule has 1 atom stereocenters. The number of amides is 2. The van der Waals surface area contributed by atoms with Crippen LogP contribution in [0.15, 0.2) is 0 Å². The third kappa shape index (κ3) is 1.13. The van der Waals surface area contributed by atoms with Gasteiger partial charge in [-0.25, -0.2) is 9.59 Å². The molecule has 1 unspecified atom stereocenters. The standard InChI is InChI=1S/C6H10N2O3/c1-2-6(4(9)10)3-7-5(11)8-6/h2-3H2,1H3,(H,9,10)(H2,7,8,11). The fourth-order valence-corrected chi connectivity index (χ4v) is 1.03. The monoisotopic (exact) mass is 158 g/mol. The van der Waals surface area contributed by atoms with Crippen molar-refractivity contribution >= 4 is 12.0 Å². The Morgan fingerprint density at radius 1 is 1.82 bits per heavy atom. The lowest BCUT2D eigenvalue weighted by molar-refractivity contribution is -0.143. The van der Waals surface area contributed by atoms with Crippen molar-refractivity contribution in [1.29, 1.82) is 0 Å². The van der Waals surface area contributed by atoms with Gasteiger partial charge in [0.15, 0.2) is 5.54 Å². The maximum absolute atomic E-state index is 10.6. The van der Waals surface area contributed by atoms with Crippen LogP contribution in [0.5, 0.6) is 0 Å². The van der Waals surface area contributed by atoms with E-state index in [0.717, 1.165) is 0 Å². The largest absolute Gasteiger partial charge is 0.479 e. The first-order valence-electron chi connectivity index (χ1n) is 3.40. The van der Waals surface area contributed by atoms with Crippen molar-refractivity contribution < 1.29 is 14.7 Å². The van der Waals surface area contributed by atoms with Crippen LogP contribution < -0.4 is 10.6 Å². The maximum Gasteiger partial charge on any atom is 0.331 e. The highest BCUT2D eigenvalue weighted by Crippen LogP contribution is 2.12. The molecule has 1 heterocycles. The fraction of sp³-hybridized carbons (Fsp3) is 0.667. The molecule has 5 heteroatoms. The van der Waals surface area contributed by atoms with Crippen molar-refractivity contribution in [3.05, 3.63) is 0 Å². The molecule has 0 saturated carbocycles. The van der Waals surface area contributed by atoms with Gasteiger partial charge in [-0.15, -0.1) is 0 Å². The van der Waals surface area contributed by atoms with E-state index >= 15 is 0 Å². The normalized spacial score (nSPS) is 29.4. The minimum atomic E-state index is -1.09. The molecule has 1 saturated heterocycles. The van der Waals surface area contributed by atoms with Gasteiger partial charge in [0.1, 0.15) is 0 Å². The quantitative estimate of drug-likeness (QED) is 0.508. The highest BCUT2D eigenvalue weighted by Gasteiger charge is 2.42. The average Bonchev–Trinajstić information content (AvgIpc) is 2.33. The molecule has 0 bridgehead atoms. The van der Waals surface area contributed by atoms with Gasteiger partial charge in [0.05, 0.1) is 6.54 Å². The van der Waals surface area contributed by atoms with Crippen molar-refractivity contribution in [1.82, 2.24) is 10.6 Å². The predicted octanol–water partition coefficient (Wildman–Crippen LogP) is -0.467. The van der Waals surface area contributed by atoms with Gasteiger partial charge in [-0.2, -0.15) is 0 Å². The second kappa shape index (κ2) is 2.41. The first kappa shape index (κ1) is 7.84. The lowest BCUT2D eigenvalue weighted by Crippen LogP contribution is -2.50. The third-order valence-electron chi connectivity index (χ3n) is 1.92. The average molecular weight is 158 g/mol. The van der Waals surface area contributed by atoms with Gasteiger partial charge < -0.3 is 15.7 Å². The SMILES string of the molecule is CCC1(C(=O)O)CNC(=O)N1. The van der Waals surface area contributed by atoms with Gasteiger partial charge in [-0.05, 0) is 6.42 Å². The first-order valence-corrected chi connectivity index (χ1v) is 3.40. The summed E-state index contributed by atoms with van der Waals surface area (Å²) in [5.74, 6) is -0.988. The van der Waals surface area contributed by atoms with Gasteiger partial charge in [-0.3, -0.25) is 0 Å². The minimum absolute atomic E-state index is 0.164. The van der Waals surface area contributed by atoms with Crippen LogP contribution in [0.2, 0.25) is 0 Å². The fourth-order valence-electron chi connectivity index (χ4n) is 1.03. The van der Waals surface area contributed by atoms with E-state index in [1.54, 1.807) is 6.92 Å². The number of carbonyl (C=O) groups excluding carboxylic acids is 1. The summed E-state index contributed by atoms with van der Waals surface area (Å²) in [6, 6.07) is -0.408. The van der Waals surface area contributed by atoms with Gasteiger partial charge in [0.2, 0.25) is 0 Å². The number of carboxylic acids is 1. The zero-order chi connectivity index (χ0) is 8.48. The Kier molecular flexibility index (Phi) is 1.72. The molecule has 0 aromatic heterocycles. The highest BCUT2D eigenvalue weighted by molar-refractivity contribution is 5.90. The van der Waals surface area contributed by atoms with E-state index in [4.69, 9.17) is 5.11 Å². The topological polar surface area (TPSA) is 78.4 Å². The number of rotatable bonds is 2. The second-order valence-corrected chi connectivity index (χ2v) is 2.55. The van der Waals surface area contributed by atoms with E-state index in [9.17, 15) is 9.59 Å². The van der Waals surface area contributed by atoms with Crippen molar-refractivity contribution in [3.8, 4) is 0 Å². The number of carboxylic acid groups (broad SMARTS) is 1. The molecular formula is C6H10N2O3. The zero-order valence-corrected chi connectivity index (χ0v) is 6.18. The van der Waals surface area contributed by atoms with E-state index in [1.807, 2.05) is 0 Å². The molecule has 2 amide bonds. The Hall–Kier alpha value is -1.26. The summed E-state index contributed by atoms with van der Waals surface area (Å²) in [6.45, 7) is 1.89. The number of carbonyl (C=O) groups is 2. The molecule has 62 valence electrons. The van der Waals surface area contributed by atoms with Crippen molar-refractivity contribution in [2.45, 2.75) is 18.9 Å². The molecule has 1 aliphatic rings. The molecule has 5 nitrogen and oxygen atoms in total. The van der Waals surface area contributed by atoms with E-state index in [0.29, 0.717) is 6.42 Å². The Bertz CT molecular complexity index is 204. The highest BCUT2D eigenvalue weighted by atomic mass is 16.4. The van der Waals surface area contributed by atoms with Gasteiger partial charge >= 0.3 is 12.0 Å². The Morgan fingerprint density at radius 2 is 2.45 bits per heavy atom. The molecule has 0 aliphatic carbocycles. The summed E-state index contributed by atoms with van der Waals surface area (Å²) in [4.78, 5) is 21.3. The van der Waals surface area contributed by atoms with Crippen LogP contribution in [-0.2, 0) is 4.79 Å². The Morgan fingerprint density at radius 3 is 2.64 bits per heavy atom. The second-order valence-electron chi connectivity index (χ2n) is 2.55. The number of hydrogen-bond donors (Lipinski definition) is 3. The van der Waals surface area contributed by atoms with Crippen LogP contribution >= 0.6 is 0 Å². The Balaban J connectivity index is 2.78. The van der Waals surface area contributed by atoms with E-state index in [-0.39, 0.29) is 6.54 Å². The van der Waals surface area contributed by atoms with Crippen LogP contribution in [-0.4, -0.2) is 29.2 Å². The molecule has 11 heavy (non-hydrogen) atoms. The van der Waals surface area contributed by atoms with Crippen LogP contribution in [0.25, 0.3) is 0 Å². The lowest BCUT2D eigenvalue weighted by Gasteiger charge is -2.19. The van der Waals surface area contributed by atoms with Crippen LogP contribution in [0, 0.1) is 0 Å². The summed E-state index contributed by atoms with van der Waals surface area (Å²) in [7, 11) is 0. The summed E-state index contributed by atoms with van der Waals surface area (Å²) < 4.78 is 0. The third-order valence-corrected chi connectivity index (χ3v) is 1.92. The van der Waals surface area contributed by atoms with Crippen molar-refractivity contribution in [2.24, 2.45) is 0 Å². The molecule has 1 aliphatic heterocycles. The molecule has 0 aromatic rings. The smallest absolute Gasteiger partial charge is 0.331 e. The van der Waals surface area contributed by atoms with Crippen molar-refractivity contribution in [3.63, 3.8) is 0 Å². The lowest BCUT2D eigenvalue weighted by atomic mass is 9.98. The molecule has 1 fully saturated rings. The summed E-state index contributed by atoms with van der Waals surface area (Å²) in [5, 5.41) is 13.5. The summed E-state index contributed by atoms with van der Waals surface area (Å²) in [6.07, 6.45) is 0.390. The van der Waals surface area contributed by atoms with Crippen LogP contribution in [0.1, 0.15) is 13.3 Å². The Labute approximate surface area is 63.8 Å². The molecule has 0 spiro atoms. The van der Waals surface area contributed by atoms with Gasteiger partial charge in [-0.1, -0.05) is 6.92 Å². The van der Waals surface area contributed by atoms with E-state index in [2.05, 4.69) is 10.6 Å². The van der Waals surface area contributed by atoms with Crippen LogP contribution in [0.4, 0.5) is 4.79 Å². The zero-order valence-electron chi connectivity index (χ0n) is 6.18. The van der Waals surface area contributed by atoms with Crippen LogP contribution in [0.3, 0.4) is 0 Å². The maximum atomic E-state index is 10.6. The number of aliphatic carboxylic acids is 1. The van der Waals surface area contributed by atoms with Gasteiger partial charge in [0, 0.05) is 0 Å². The molecule has 0 radical (unpaired) electrons. The van der Waals surface area contributed by atoms with E-state index < -0.39 is 17.5 Å². The van der Waals surface area contributed by atoms with E-state index in [1.165, 1.54) is 0 Å². The van der Waals surface area contributed by atoms with Gasteiger partial charge in [0.25, 0.3) is 0 Å². The number of hydrogen-bond acceptors (Lipinski definition) is 2. The molecule has 1 rings (SSSR count). The molecule has 0 aromatic carbocycles. The predicted molar refractivity (Wildman–Crippen MR) is 37.2 cm³/mol.